The zero-order valence-corrected chi connectivity index (χ0v) is 21.1. The molecule has 0 saturated carbocycles. The van der Waals surface area contributed by atoms with Gasteiger partial charge in [-0.3, -0.25) is 19.3 Å². The number of nitrogens with one attached hydrogen (secondary N) is 1. The first kappa shape index (κ1) is 25.1. The van der Waals surface area contributed by atoms with Crippen molar-refractivity contribution < 1.29 is 23.5 Å². The number of thiophene rings is 1. The predicted octanol–water partition coefficient (Wildman–Crippen LogP) is 3.61. The molecule has 37 heavy (non-hydrogen) atoms. The highest BCUT2D eigenvalue weighted by molar-refractivity contribution is 7.10. The number of halogens is 1. The van der Waals surface area contributed by atoms with E-state index in [1.807, 2.05) is 47.8 Å². The zero-order chi connectivity index (χ0) is 25.8. The van der Waals surface area contributed by atoms with Crippen LogP contribution in [-0.2, 0) is 27.3 Å². The minimum Gasteiger partial charge on any atom is -0.353 e. The van der Waals surface area contributed by atoms with Crippen LogP contribution in [0.1, 0.15) is 33.6 Å². The van der Waals surface area contributed by atoms with E-state index in [1.165, 1.54) is 29.2 Å². The van der Waals surface area contributed by atoms with Crippen molar-refractivity contribution in [3.05, 3.63) is 93.9 Å². The van der Waals surface area contributed by atoms with Crippen molar-refractivity contribution >= 4 is 29.1 Å². The molecule has 2 aliphatic heterocycles. The van der Waals surface area contributed by atoms with Gasteiger partial charge in [-0.1, -0.05) is 36.4 Å². The Balaban J connectivity index is 1.33. The van der Waals surface area contributed by atoms with Crippen molar-refractivity contribution in [2.45, 2.75) is 37.6 Å². The Kier molecular flexibility index (Phi) is 7.34. The van der Waals surface area contributed by atoms with E-state index in [1.54, 1.807) is 16.2 Å². The first-order valence-corrected chi connectivity index (χ1v) is 13.2. The molecule has 2 aliphatic rings. The van der Waals surface area contributed by atoms with Gasteiger partial charge in [0.25, 0.3) is 5.91 Å². The number of nitrogens with zero attached hydrogens (tertiary/aromatic N) is 2. The lowest BCUT2D eigenvalue weighted by Crippen LogP contribution is -2.59. The summed E-state index contributed by atoms with van der Waals surface area (Å²) >= 11 is 1.55. The molecule has 0 aliphatic carbocycles. The maximum absolute atomic E-state index is 13.7. The third-order valence-corrected chi connectivity index (χ3v) is 7.86. The average Bonchev–Trinajstić information content (AvgIpc) is 3.56. The van der Waals surface area contributed by atoms with Crippen LogP contribution >= 0.6 is 11.3 Å². The molecule has 7 nitrogen and oxygen atoms in total. The van der Waals surface area contributed by atoms with Crippen LogP contribution in [0.2, 0.25) is 0 Å². The van der Waals surface area contributed by atoms with Gasteiger partial charge in [-0.25, -0.2) is 4.39 Å². The fraction of sp³-hybridized carbons (Fsp3) is 0.321. The number of carbonyl (C=O) groups is 3. The third-order valence-electron chi connectivity index (χ3n) is 6.99. The summed E-state index contributed by atoms with van der Waals surface area (Å²) in [5, 5.41) is 4.87. The molecule has 1 N–H and O–H groups in total. The lowest BCUT2D eigenvalue weighted by Gasteiger charge is -2.44. The van der Waals surface area contributed by atoms with Crippen LogP contribution in [0.25, 0.3) is 0 Å². The van der Waals surface area contributed by atoms with Crippen molar-refractivity contribution in [3.63, 3.8) is 0 Å². The number of hydrogen-bond acceptors (Lipinski definition) is 5. The summed E-state index contributed by atoms with van der Waals surface area (Å²) in [6, 6.07) is 17.8. The number of rotatable bonds is 6. The summed E-state index contributed by atoms with van der Waals surface area (Å²) in [6.07, 6.45) is 1.12. The maximum atomic E-state index is 13.7. The first-order valence-electron chi connectivity index (χ1n) is 12.3. The number of hydrogen-bond donors (Lipinski definition) is 1. The normalized spacial score (nSPS) is 18.7. The van der Waals surface area contributed by atoms with Crippen LogP contribution in [0, 0.1) is 5.82 Å². The van der Waals surface area contributed by atoms with E-state index in [2.05, 4.69) is 5.32 Å². The quantitative estimate of drug-likeness (QED) is 0.538. The molecule has 1 aromatic heterocycles. The first-order chi connectivity index (χ1) is 17.9. The van der Waals surface area contributed by atoms with Crippen LogP contribution < -0.4 is 5.32 Å². The van der Waals surface area contributed by atoms with E-state index >= 15 is 0 Å². The number of ether oxygens (including phenoxy) is 1. The van der Waals surface area contributed by atoms with Gasteiger partial charge in [0.1, 0.15) is 17.6 Å². The van der Waals surface area contributed by atoms with Crippen molar-refractivity contribution in [3.8, 4) is 0 Å². The van der Waals surface area contributed by atoms with E-state index in [0.717, 1.165) is 10.4 Å². The number of likely N-dealkylation sites (tertiary alicyclic amines) is 1. The Morgan fingerprint density at radius 2 is 1.73 bits per heavy atom. The Morgan fingerprint density at radius 3 is 2.41 bits per heavy atom. The maximum Gasteiger partial charge on any atom is 0.256 e. The van der Waals surface area contributed by atoms with Gasteiger partial charge in [-0.2, -0.15) is 0 Å². The summed E-state index contributed by atoms with van der Waals surface area (Å²) in [7, 11) is 0. The lowest BCUT2D eigenvalue weighted by atomic mass is 9.96. The standard InChI is InChI=1S/C28H28FN3O4S/c29-22-10-8-21(9-11-22)27(35)32-24(26(34)30-18-20-5-2-1-3-6-20)19-36-28(32)12-14-31(15-13-28)25(33)17-23-7-4-16-37-23/h1-11,16,24H,12-15,17-19H2,(H,30,34). The summed E-state index contributed by atoms with van der Waals surface area (Å²) in [4.78, 5) is 44.2. The minimum atomic E-state index is -1.01. The van der Waals surface area contributed by atoms with Crippen molar-refractivity contribution in [2.24, 2.45) is 0 Å². The third kappa shape index (κ3) is 5.42. The van der Waals surface area contributed by atoms with E-state index < -0.39 is 23.5 Å². The highest BCUT2D eigenvalue weighted by Crippen LogP contribution is 2.38. The van der Waals surface area contributed by atoms with Gasteiger partial charge >= 0.3 is 0 Å². The van der Waals surface area contributed by atoms with E-state index in [4.69, 9.17) is 4.74 Å². The zero-order valence-electron chi connectivity index (χ0n) is 20.3. The molecule has 1 unspecified atom stereocenters. The topological polar surface area (TPSA) is 79.0 Å². The number of carbonyl (C=O) groups excluding carboxylic acids is 3. The minimum absolute atomic E-state index is 0.0314. The molecule has 3 heterocycles. The Hall–Kier alpha value is -3.56. The van der Waals surface area contributed by atoms with Gasteiger partial charge in [0.05, 0.1) is 13.0 Å². The Morgan fingerprint density at radius 1 is 1.00 bits per heavy atom. The highest BCUT2D eigenvalue weighted by atomic mass is 32.1. The molecule has 2 aromatic carbocycles. The number of benzene rings is 2. The molecular weight excluding hydrogens is 493 g/mol. The van der Waals surface area contributed by atoms with Crippen LogP contribution in [0.5, 0.6) is 0 Å². The van der Waals surface area contributed by atoms with Crippen LogP contribution in [-0.4, -0.2) is 59.0 Å². The molecule has 192 valence electrons. The van der Waals surface area contributed by atoms with E-state index in [0.29, 0.717) is 38.9 Å². The largest absolute Gasteiger partial charge is 0.353 e. The molecule has 9 heteroatoms. The summed E-state index contributed by atoms with van der Waals surface area (Å²) in [5.41, 5.74) is 0.210. The van der Waals surface area contributed by atoms with Gasteiger partial charge in [0.15, 0.2) is 0 Å². The molecular formula is C28H28FN3O4S. The van der Waals surface area contributed by atoms with Crippen molar-refractivity contribution in [1.29, 1.82) is 0 Å². The van der Waals surface area contributed by atoms with E-state index in [-0.39, 0.29) is 24.0 Å². The van der Waals surface area contributed by atoms with Gasteiger partial charge in [-0.05, 0) is 41.3 Å². The van der Waals surface area contributed by atoms with Gasteiger partial charge in [-0.15, -0.1) is 11.3 Å². The average molecular weight is 522 g/mol. The smallest absolute Gasteiger partial charge is 0.256 e. The Bertz CT molecular complexity index is 1240. The fourth-order valence-corrected chi connectivity index (χ4v) is 5.68. The van der Waals surface area contributed by atoms with Gasteiger partial charge in [0, 0.05) is 42.9 Å². The second kappa shape index (κ2) is 10.8. The summed E-state index contributed by atoms with van der Waals surface area (Å²) in [5.74, 6) is -1.12. The van der Waals surface area contributed by atoms with Gasteiger partial charge < -0.3 is 15.0 Å². The molecule has 0 radical (unpaired) electrons. The molecule has 1 spiro atoms. The van der Waals surface area contributed by atoms with Crippen molar-refractivity contribution in [2.75, 3.05) is 19.7 Å². The Labute approximate surface area is 218 Å². The highest BCUT2D eigenvalue weighted by Gasteiger charge is 2.54. The fourth-order valence-electron chi connectivity index (χ4n) is 4.98. The number of amides is 3. The molecule has 5 rings (SSSR count). The second-order valence-electron chi connectivity index (χ2n) is 9.30. The summed E-state index contributed by atoms with van der Waals surface area (Å²) < 4.78 is 19.8. The molecule has 3 amide bonds. The van der Waals surface area contributed by atoms with Crippen molar-refractivity contribution in [1.82, 2.24) is 15.1 Å². The second-order valence-corrected chi connectivity index (χ2v) is 10.3. The molecule has 1 atom stereocenters. The van der Waals surface area contributed by atoms with Crippen LogP contribution in [0.4, 0.5) is 4.39 Å². The van der Waals surface area contributed by atoms with Gasteiger partial charge in [0.2, 0.25) is 11.8 Å². The summed E-state index contributed by atoms with van der Waals surface area (Å²) in [6.45, 7) is 1.20. The predicted molar refractivity (Wildman–Crippen MR) is 137 cm³/mol. The SMILES string of the molecule is O=C(NCc1ccccc1)C1COC2(CCN(C(=O)Cc3cccs3)CC2)N1C(=O)c1ccc(F)cc1. The molecule has 2 fully saturated rings. The lowest BCUT2D eigenvalue weighted by molar-refractivity contribution is -0.143. The van der Waals surface area contributed by atoms with Crippen LogP contribution in [0.15, 0.2) is 72.1 Å². The van der Waals surface area contributed by atoms with Crippen LogP contribution in [0.3, 0.4) is 0 Å². The monoisotopic (exact) mass is 521 g/mol. The number of piperidine rings is 1. The molecule has 0 bridgehead atoms. The van der Waals surface area contributed by atoms with E-state index in [9.17, 15) is 18.8 Å². The molecule has 3 aromatic rings. The molecule has 2 saturated heterocycles.